The minimum Gasteiger partial charge on any atom is -0.334 e. The Morgan fingerprint density at radius 3 is 2.45 bits per heavy atom. The number of hydrogen-bond acceptors (Lipinski definition) is 5. The van der Waals surface area contributed by atoms with Crippen LogP contribution in [0.4, 0.5) is 0 Å². The predicted octanol–water partition coefficient (Wildman–Crippen LogP) is 2.39. The van der Waals surface area contributed by atoms with Gasteiger partial charge in [0, 0.05) is 12.1 Å². The van der Waals surface area contributed by atoms with Crippen LogP contribution in [0.25, 0.3) is 11.5 Å². The Bertz CT molecular complexity index is 531. The number of aryl methyl sites for hydroxylation is 1. The maximum atomic E-state index is 6.14. The molecular formula is C15H22N4O. The average Bonchev–Trinajstić information content (AvgIpc) is 2.95. The van der Waals surface area contributed by atoms with Crippen LogP contribution in [-0.2, 0) is 0 Å². The van der Waals surface area contributed by atoms with Crippen molar-refractivity contribution in [3.05, 3.63) is 35.7 Å². The summed E-state index contributed by atoms with van der Waals surface area (Å²) in [6, 6.07) is 7.77. The van der Waals surface area contributed by atoms with Gasteiger partial charge in [-0.05, 0) is 32.1 Å². The van der Waals surface area contributed by atoms with Crippen molar-refractivity contribution in [2.24, 2.45) is 5.73 Å². The largest absolute Gasteiger partial charge is 0.334 e. The van der Waals surface area contributed by atoms with Crippen molar-refractivity contribution in [1.29, 1.82) is 0 Å². The number of hydrogen-bond donors (Lipinski definition) is 1. The molecule has 0 bridgehead atoms. The van der Waals surface area contributed by atoms with Crippen LogP contribution in [0.1, 0.15) is 31.3 Å². The topological polar surface area (TPSA) is 68.2 Å². The molecule has 1 aromatic carbocycles. The monoisotopic (exact) mass is 274 g/mol. The fourth-order valence-electron chi connectivity index (χ4n) is 2.04. The second-order valence-electron chi connectivity index (χ2n) is 4.92. The molecular weight excluding hydrogens is 252 g/mol. The van der Waals surface area contributed by atoms with Crippen LogP contribution in [0, 0.1) is 6.92 Å². The zero-order valence-corrected chi connectivity index (χ0v) is 12.3. The Labute approximate surface area is 119 Å². The smallest absolute Gasteiger partial charge is 0.257 e. The van der Waals surface area contributed by atoms with Crippen LogP contribution in [0.3, 0.4) is 0 Å². The highest BCUT2D eigenvalue weighted by Crippen LogP contribution is 2.19. The lowest BCUT2D eigenvalue weighted by atomic mass is 10.1. The van der Waals surface area contributed by atoms with E-state index in [1.54, 1.807) is 0 Å². The standard InChI is InChI=1S/C15H22N4O/c1-4-19(5-2)10-13(16)14-17-15(20-18-14)12-8-6-11(3)7-9-12/h6-9,13H,4-5,10,16H2,1-3H3. The first-order chi connectivity index (χ1) is 9.63. The molecule has 20 heavy (non-hydrogen) atoms. The number of nitrogens with zero attached hydrogens (tertiary/aromatic N) is 3. The first kappa shape index (κ1) is 14.7. The van der Waals surface area contributed by atoms with Crippen molar-refractivity contribution in [3.8, 4) is 11.5 Å². The molecule has 1 heterocycles. The predicted molar refractivity (Wildman–Crippen MR) is 79.2 cm³/mol. The first-order valence-electron chi connectivity index (χ1n) is 7.02. The molecule has 2 N–H and O–H groups in total. The molecule has 1 atom stereocenters. The lowest BCUT2D eigenvalue weighted by Crippen LogP contribution is -2.32. The second-order valence-corrected chi connectivity index (χ2v) is 4.92. The molecule has 0 aliphatic carbocycles. The van der Waals surface area contributed by atoms with E-state index in [1.807, 2.05) is 31.2 Å². The van der Waals surface area contributed by atoms with Gasteiger partial charge in [0.15, 0.2) is 5.82 Å². The molecule has 0 saturated heterocycles. The summed E-state index contributed by atoms with van der Waals surface area (Å²) < 4.78 is 5.30. The van der Waals surface area contributed by atoms with Gasteiger partial charge in [-0.3, -0.25) is 0 Å². The Hall–Kier alpha value is -1.72. The maximum absolute atomic E-state index is 6.14. The zero-order chi connectivity index (χ0) is 14.5. The summed E-state index contributed by atoms with van der Waals surface area (Å²) in [4.78, 5) is 6.64. The van der Waals surface area contributed by atoms with Gasteiger partial charge in [0.2, 0.25) is 0 Å². The quantitative estimate of drug-likeness (QED) is 0.876. The molecule has 5 nitrogen and oxygen atoms in total. The molecule has 0 amide bonds. The van der Waals surface area contributed by atoms with E-state index < -0.39 is 0 Å². The van der Waals surface area contributed by atoms with E-state index >= 15 is 0 Å². The van der Waals surface area contributed by atoms with Crippen LogP contribution >= 0.6 is 0 Å². The van der Waals surface area contributed by atoms with Crippen molar-refractivity contribution in [2.75, 3.05) is 19.6 Å². The normalized spacial score (nSPS) is 12.8. The minimum atomic E-state index is -0.224. The minimum absolute atomic E-state index is 0.224. The number of aromatic nitrogens is 2. The molecule has 2 rings (SSSR count). The molecule has 0 aliphatic heterocycles. The lowest BCUT2D eigenvalue weighted by Gasteiger charge is -2.20. The van der Waals surface area contributed by atoms with Crippen molar-refractivity contribution >= 4 is 0 Å². The van der Waals surface area contributed by atoms with Crippen molar-refractivity contribution in [3.63, 3.8) is 0 Å². The lowest BCUT2D eigenvalue weighted by molar-refractivity contribution is 0.278. The highest BCUT2D eigenvalue weighted by Gasteiger charge is 2.17. The third-order valence-corrected chi connectivity index (χ3v) is 3.42. The van der Waals surface area contributed by atoms with E-state index in [1.165, 1.54) is 5.56 Å². The number of rotatable bonds is 6. The highest BCUT2D eigenvalue weighted by molar-refractivity contribution is 5.53. The summed E-state index contributed by atoms with van der Waals surface area (Å²) >= 11 is 0. The highest BCUT2D eigenvalue weighted by atomic mass is 16.5. The summed E-state index contributed by atoms with van der Waals surface area (Å²) in [5, 5.41) is 4.00. The fourth-order valence-corrected chi connectivity index (χ4v) is 2.04. The molecule has 0 saturated carbocycles. The molecule has 0 spiro atoms. The van der Waals surface area contributed by atoms with E-state index in [0.29, 0.717) is 11.7 Å². The fraction of sp³-hybridized carbons (Fsp3) is 0.467. The van der Waals surface area contributed by atoms with Crippen LogP contribution in [0.2, 0.25) is 0 Å². The third kappa shape index (κ3) is 3.43. The molecule has 0 radical (unpaired) electrons. The van der Waals surface area contributed by atoms with Crippen LogP contribution in [0.5, 0.6) is 0 Å². The number of likely N-dealkylation sites (N-methyl/N-ethyl adjacent to an activating group) is 1. The molecule has 2 aromatic rings. The molecule has 108 valence electrons. The average molecular weight is 274 g/mol. The van der Waals surface area contributed by atoms with Crippen molar-refractivity contribution in [2.45, 2.75) is 26.8 Å². The second kappa shape index (κ2) is 6.63. The molecule has 1 aromatic heterocycles. The number of nitrogens with two attached hydrogens (primary N) is 1. The summed E-state index contributed by atoms with van der Waals surface area (Å²) in [6.07, 6.45) is 0. The third-order valence-electron chi connectivity index (χ3n) is 3.42. The van der Waals surface area contributed by atoms with Crippen LogP contribution in [-0.4, -0.2) is 34.7 Å². The van der Waals surface area contributed by atoms with Gasteiger partial charge in [-0.15, -0.1) is 0 Å². The number of benzene rings is 1. The van der Waals surface area contributed by atoms with E-state index in [4.69, 9.17) is 10.3 Å². The molecule has 1 unspecified atom stereocenters. The van der Waals surface area contributed by atoms with Crippen LogP contribution in [0.15, 0.2) is 28.8 Å². The Morgan fingerprint density at radius 2 is 1.85 bits per heavy atom. The van der Waals surface area contributed by atoms with Gasteiger partial charge in [0.1, 0.15) is 0 Å². The van der Waals surface area contributed by atoms with Gasteiger partial charge in [-0.2, -0.15) is 4.98 Å². The Kier molecular flexibility index (Phi) is 4.87. The van der Waals surface area contributed by atoms with Crippen molar-refractivity contribution < 1.29 is 4.52 Å². The SMILES string of the molecule is CCN(CC)CC(N)c1noc(-c2ccc(C)cc2)n1. The van der Waals surface area contributed by atoms with Gasteiger partial charge in [0.05, 0.1) is 6.04 Å². The molecule has 0 fully saturated rings. The van der Waals surface area contributed by atoms with Crippen molar-refractivity contribution in [1.82, 2.24) is 15.0 Å². The van der Waals surface area contributed by atoms with Gasteiger partial charge < -0.3 is 15.2 Å². The van der Waals surface area contributed by atoms with Gasteiger partial charge in [0.25, 0.3) is 5.89 Å². The van der Waals surface area contributed by atoms with Gasteiger partial charge in [-0.25, -0.2) is 0 Å². The zero-order valence-electron chi connectivity index (χ0n) is 12.3. The van der Waals surface area contributed by atoms with E-state index in [0.717, 1.165) is 25.2 Å². The molecule has 5 heteroatoms. The summed E-state index contributed by atoms with van der Waals surface area (Å²) in [6.45, 7) is 8.94. The summed E-state index contributed by atoms with van der Waals surface area (Å²) in [5.41, 5.74) is 8.26. The Balaban J connectivity index is 2.10. The van der Waals surface area contributed by atoms with Gasteiger partial charge >= 0.3 is 0 Å². The first-order valence-corrected chi connectivity index (χ1v) is 7.02. The van der Waals surface area contributed by atoms with Gasteiger partial charge in [-0.1, -0.05) is 36.7 Å². The Morgan fingerprint density at radius 1 is 1.20 bits per heavy atom. The van der Waals surface area contributed by atoms with E-state index in [-0.39, 0.29) is 6.04 Å². The van der Waals surface area contributed by atoms with Crippen LogP contribution < -0.4 is 5.73 Å². The van der Waals surface area contributed by atoms with E-state index in [9.17, 15) is 0 Å². The summed E-state index contributed by atoms with van der Waals surface area (Å²) in [7, 11) is 0. The van der Waals surface area contributed by atoms with E-state index in [2.05, 4.69) is 28.9 Å². The maximum Gasteiger partial charge on any atom is 0.257 e. The molecule has 0 aliphatic rings. The summed E-state index contributed by atoms with van der Waals surface area (Å²) in [5.74, 6) is 1.09.